The molecule has 0 saturated carbocycles. The van der Waals surface area contributed by atoms with Crippen molar-refractivity contribution >= 4 is 32.7 Å². The molecular weight excluding hydrogens is 350 g/mol. The van der Waals surface area contributed by atoms with Gasteiger partial charge in [0.15, 0.2) is 0 Å². The van der Waals surface area contributed by atoms with Crippen molar-refractivity contribution < 1.29 is 4.74 Å². The number of fused-ring (bicyclic) bond motifs is 4. The molecule has 0 saturated heterocycles. The first-order valence-corrected chi connectivity index (χ1v) is 9.18. The lowest BCUT2D eigenvalue weighted by Gasteiger charge is -2.14. The fourth-order valence-electron chi connectivity index (χ4n) is 3.90. The zero-order valence-corrected chi connectivity index (χ0v) is 15.7. The zero-order chi connectivity index (χ0) is 19.3. The van der Waals surface area contributed by atoms with Crippen LogP contribution < -0.4 is 10.3 Å². The van der Waals surface area contributed by atoms with Gasteiger partial charge in [-0.05, 0) is 37.3 Å². The lowest BCUT2D eigenvalue weighted by Crippen LogP contribution is -2.27. The summed E-state index contributed by atoms with van der Waals surface area (Å²) in [6.07, 6.45) is 0. The first kappa shape index (κ1) is 16.6. The normalized spacial score (nSPS) is 11.5. The smallest absolute Gasteiger partial charge is 0.263 e. The number of methoxy groups -OCH3 is 1. The minimum atomic E-state index is -0.0664. The van der Waals surface area contributed by atoms with Gasteiger partial charge in [0.1, 0.15) is 18.2 Å². The largest absolute Gasteiger partial charge is 0.497 e. The van der Waals surface area contributed by atoms with E-state index >= 15 is 0 Å². The number of hydrogen-bond donors (Lipinski definition) is 0. The molecule has 0 fully saturated rings. The summed E-state index contributed by atoms with van der Waals surface area (Å²) in [5.74, 6) is 1.34. The first-order chi connectivity index (χ1) is 13.7. The number of hydrogen-bond acceptors (Lipinski definition) is 3. The zero-order valence-electron chi connectivity index (χ0n) is 15.7. The van der Waals surface area contributed by atoms with Gasteiger partial charge in [0.05, 0.1) is 29.0 Å². The van der Waals surface area contributed by atoms with Crippen molar-refractivity contribution in [3.63, 3.8) is 0 Å². The highest BCUT2D eigenvalue weighted by Crippen LogP contribution is 2.28. The van der Waals surface area contributed by atoms with Crippen molar-refractivity contribution in [2.75, 3.05) is 7.11 Å². The minimum Gasteiger partial charge on any atom is -0.497 e. The molecule has 5 heteroatoms. The molecule has 5 aromatic rings. The third kappa shape index (κ3) is 2.40. The molecule has 2 heterocycles. The van der Waals surface area contributed by atoms with Crippen LogP contribution >= 0.6 is 0 Å². The van der Waals surface area contributed by atoms with Crippen molar-refractivity contribution in [2.45, 2.75) is 13.6 Å². The van der Waals surface area contributed by atoms with Crippen LogP contribution in [0.2, 0.25) is 0 Å². The van der Waals surface area contributed by atoms with Crippen molar-refractivity contribution in [2.24, 2.45) is 0 Å². The van der Waals surface area contributed by atoms with Crippen LogP contribution in [-0.2, 0) is 6.67 Å². The van der Waals surface area contributed by atoms with E-state index in [1.54, 1.807) is 17.7 Å². The number of benzene rings is 3. The molecule has 0 spiro atoms. The molecule has 5 rings (SSSR count). The molecule has 0 aliphatic carbocycles. The molecule has 0 unspecified atom stereocenters. The Bertz CT molecular complexity index is 1360. The van der Waals surface area contributed by atoms with Gasteiger partial charge in [0.25, 0.3) is 5.56 Å². The molecule has 3 aromatic carbocycles. The van der Waals surface area contributed by atoms with Crippen molar-refractivity contribution in [3.05, 3.63) is 82.9 Å². The van der Waals surface area contributed by atoms with E-state index in [1.807, 2.05) is 43.3 Å². The maximum absolute atomic E-state index is 13.3. The van der Waals surface area contributed by atoms with Crippen molar-refractivity contribution in [1.82, 2.24) is 14.1 Å². The standard InChI is InChI=1S/C23H19N3O2/c1-15-24-20-12-11-16(28-2)13-19(20)23(27)25(15)14-26-21-9-5-3-7-17(21)18-8-4-6-10-22(18)26/h3-13H,14H2,1-2H3. The van der Waals surface area contributed by atoms with Crippen LogP contribution in [0.25, 0.3) is 32.7 Å². The quantitative estimate of drug-likeness (QED) is 0.476. The average molecular weight is 369 g/mol. The third-order valence-electron chi connectivity index (χ3n) is 5.31. The molecule has 0 N–H and O–H groups in total. The van der Waals surface area contributed by atoms with E-state index in [9.17, 15) is 4.79 Å². The molecule has 0 bridgehead atoms. The monoisotopic (exact) mass is 369 g/mol. The summed E-state index contributed by atoms with van der Waals surface area (Å²) >= 11 is 0. The topological polar surface area (TPSA) is 49.0 Å². The predicted molar refractivity (Wildman–Crippen MR) is 112 cm³/mol. The molecule has 0 aliphatic heterocycles. The highest BCUT2D eigenvalue weighted by Gasteiger charge is 2.14. The summed E-state index contributed by atoms with van der Waals surface area (Å²) in [4.78, 5) is 17.9. The molecule has 138 valence electrons. The molecule has 0 atom stereocenters. The first-order valence-electron chi connectivity index (χ1n) is 9.18. The second kappa shape index (κ2) is 6.23. The van der Waals surface area contributed by atoms with Crippen LogP contribution in [0.4, 0.5) is 0 Å². The summed E-state index contributed by atoms with van der Waals surface area (Å²) in [6, 6.07) is 22.0. The molecule has 0 radical (unpaired) electrons. The number of aryl methyl sites for hydroxylation is 1. The van der Waals surface area contributed by atoms with Crippen molar-refractivity contribution in [3.8, 4) is 5.75 Å². The van der Waals surface area contributed by atoms with Gasteiger partial charge < -0.3 is 9.30 Å². The summed E-state index contributed by atoms with van der Waals surface area (Å²) < 4.78 is 9.18. The molecule has 0 aliphatic rings. The molecule has 0 amide bonds. The van der Waals surface area contributed by atoms with Crippen LogP contribution in [0.1, 0.15) is 5.82 Å². The van der Waals surface area contributed by atoms with Gasteiger partial charge in [-0.3, -0.25) is 9.36 Å². The van der Waals surface area contributed by atoms with Crippen LogP contribution in [0, 0.1) is 6.92 Å². The fraction of sp³-hybridized carbons (Fsp3) is 0.130. The Labute approximate surface area is 161 Å². The van der Waals surface area contributed by atoms with E-state index in [-0.39, 0.29) is 5.56 Å². The highest BCUT2D eigenvalue weighted by atomic mass is 16.5. The fourth-order valence-corrected chi connectivity index (χ4v) is 3.90. The van der Waals surface area contributed by atoms with Gasteiger partial charge in [0, 0.05) is 10.8 Å². The molecular formula is C23H19N3O2. The molecule has 5 nitrogen and oxygen atoms in total. The lowest BCUT2D eigenvalue weighted by atomic mass is 10.2. The Balaban J connectivity index is 1.77. The second-order valence-electron chi connectivity index (χ2n) is 6.88. The number of ether oxygens (including phenoxy) is 1. The summed E-state index contributed by atoms with van der Waals surface area (Å²) in [5, 5.41) is 2.92. The number of rotatable bonds is 3. The summed E-state index contributed by atoms with van der Waals surface area (Å²) in [7, 11) is 1.60. The second-order valence-corrected chi connectivity index (χ2v) is 6.88. The van der Waals surface area contributed by atoms with Gasteiger partial charge in [-0.15, -0.1) is 0 Å². The third-order valence-corrected chi connectivity index (χ3v) is 5.31. The van der Waals surface area contributed by atoms with E-state index in [2.05, 4.69) is 33.8 Å². The Morgan fingerprint density at radius 1 is 0.857 bits per heavy atom. The van der Waals surface area contributed by atoms with Crippen LogP contribution in [0.5, 0.6) is 5.75 Å². The van der Waals surface area contributed by atoms with Gasteiger partial charge in [0.2, 0.25) is 0 Å². The van der Waals surface area contributed by atoms with E-state index in [0.29, 0.717) is 29.1 Å². The highest BCUT2D eigenvalue weighted by molar-refractivity contribution is 6.07. The van der Waals surface area contributed by atoms with Gasteiger partial charge in [-0.25, -0.2) is 4.98 Å². The Morgan fingerprint density at radius 3 is 2.14 bits per heavy atom. The Kier molecular flexibility index (Phi) is 3.69. The number of aromatic nitrogens is 3. The number of nitrogens with zero attached hydrogens (tertiary/aromatic N) is 3. The van der Waals surface area contributed by atoms with Gasteiger partial charge >= 0.3 is 0 Å². The SMILES string of the molecule is COc1ccc2nc(C)n(Cn3c4ccccc4c4ccccc43)c(=O)c2c1. The van der Waals surface area contributed by atoms with Crippen LogP contribution in [-0.4, -0.2) is 21.2 Å². The van der Waals surface area contributed by atoms with Crippen LogP contribution in [0.3, 0.4) is 0 Å². The van der Waals surface area contributed by atoms with Crippen molar-refractivity contribution in [1.29, 1.82) is 0 Å². The van der Waals surface area contributed by atoms with Gasteiger partial charge in [-0.1, -0.05) is 36.4 Å². The number of para-hydroxylation sites is 2. The summed E-state index contributed by atoms with van der Waals surface area (Å²) in [6.45, 7) is 2.28. The lowest BCUT2D eigenvalue weighted by molar-refractivity contribution is 0.415. The van der Waals surface area contributed by atoms with E-state index in [0.717, 1.165) is 11.0 Å². The Morgan fingerprint density at radius 2 is 1.50 bits per heavy atom. The van der Waals surface area contributed by atoms with Crippen LogP contribution in [0.15, 0.2) is 71.5 Å². The van der Waals surface area contributed by atoms with Gasteiger partial charge in [-0.2, -0.15) is 0 Å². The van der Waals surface area contributed by atoms with E-state index < -0.39 is 0 Å². The maximum Gasteiger partial charge on any atom is 0.263 e. The average Bonchev–Trinajstić information content (AvgIpc) is 3.05. The molecule has 2 aromatic heterocycles. The molecule has 28 heavy (non-hydrogen) atoms. The maximum atomic E-state index is 13.3. The summed E-state index contributed by atoms with van der Waals surface area (Å²) in [5.41, 5.74) is 2.81. The predicted octanol–water partition coefficient (Wildman–Crippen LogP) is 4.33. The Hall–Kier alpha value is -3.60. The minimum absolute atomic E-state index is 0.0664. The van der Waals surface area contributed by atoms with E-state index in [1.165, 1.54) is 10.8 Å². The van der Waals surface area contributed by atoms with E-state index in [4.69, 9.17) is 4.74 Å².